The van der Waals surface area contributed by atoms with Crippen LogP contribution in [0.4, 0.5) is 10.8 Å². The van der Waals surface area contributed by atoms with Gasteiger partial charge in [0.05, 0.1) is 30.4 Å². The Bertz CT molecular complexity index is 1560. The van der Waals surface area contributed by atoms with Crippen LogP contribution in [-0.4, -0.2) is 34.8 Å². The lowest BCUT2D eigenvalue weighted by atomic mass is 9.76. The quantitative estimate of drug-likeness (QED) is 0.334. The van der Waals surface area contributed by atoms with Crippen molar-refractivity contribution in [2.75, 3.05) is 23.1 Å². The zero-order valence-electron chi connectivity index (χ0n) is 20.8. The average molecular weight is 624 g/mol. The second kappa shape index (κ2) is 11.6. The van der Waals surface area contributed by atoms with Gasteiger partial charge in [0.1, 0.15) is 11.6 Å². The van der Waals surface area contributed by atoms with Crippen LogP contribution < -0.4 is 20.7 Å². The van der Waals surface area contributed by atoms with E-state index in [1.54, 1.807) is 36.3 Å². The number of nitrogens with zero attached hydrogens (tertiary/aromatic N) is 4. The molecule has 1 amide bonds. The summed E-state index contributed by atoms with van der Waals surface area (Å²) >= 11 is 6.08. The molecule has 2 heterocycles. The predicted molar refractivity (Wildman–Crippen MR) is 154 cm³/mol. The molecule has 1 aliphatic carbocycles. The summed E-state index contributed by atoms with van der Waals surface area (Å²) in [5, 5.41) is 22.0. The Kier molecular flexibility index (Phi) is 8.02. The van der Waals surface area contributed by atoms with Crippen molar-refractivity contribution in [2.45, 2.75) is 29.5 Å². The van der Waals surface area contributed by atoms with Gasteiger partial charge in [-0.1, -0.05) is 63.3 Å². The Labute approximate surface area is 241 Å². The number of benzene rings is 2. The van der Waals surface area contributed by atoms with Crippen molar-refractivity contribution in [2.24, 2.45) is 5.73 Å². The molecule has 39 heavy (non-hydrogen) atoms. The number of hydrogen-bond donors (Lipinski definition) is 2. The van der Waals surface area contributed by atoms with E-state index >= 15 is 0 Å². The van der Waals surface area contributed by atoms with Gasteiger partial charge in [0.15, 0.2) is 10.1 Å². The normalized spacial score (nSPS) is 17.1. The topological polar surface area (TPSA) is 134 Å². The molecule has 2 aromatic carbocycles. The van der Waals surface area contributed by atoms with Crippen LogP contribution in [0.15, 0.2) is 80.0 Å². The number of nitriles is 1. The van der Waals surface area contributed by atoms with Gasteiger partial charge in [0, 0.05) is 33.9 Å². The van der Waals surface area contributed by atoms with E-state index in [1.165, 1.54) is 23.1 Å². The summed E-state index contributed by atoms with van der Waals surface area (Å²) in [6, 6.07) is 16.9. The largest absolute Gasteiger partial charge is 0.497 e. The molecule has 12 heteroatoms. The van der Waals surface area contributed by atoms with Crippen LogP contribution in [0.3, 0.4) is 0 Å². The standard InChI is InChI=1S/C27H23BrN6O3S2/c1-37-16-7-4-6-15(12-16)31-22(36)14-38-27-33-32-26(39-27)34-20-10-5-11-21(35)24(20)23(18(13-29)25(34)30)17-8-2-3-9-19(17)28/h2-4,6-9,12,23H,5,10-11,14,30H2,1H3,(H,31,36). The van der Waals surface area contributed by atoms with E-state index in [1.807, 2.05) is 24.3 Å². The van der Waals surface area contributed by atoms with Crippen molar-refractivity contribution in [1.29, 1.82) is 5.26 Å². The van der Waals surface area contributed by atoms with Crippen molar-refractivity contribution >= 4 is 61.5 Å². The summed E-state index contributed by atoms with van der Waals surface area (Å²) < 4.78 is 6.56. The maximum Gasteiger partial charge on any atom is 0.234 e. The second-order valence-electron chi connectivity index (χ2n) is 8.76. The molecule has 198 valence electrons. The third-order valence-electron chi connectivity index (χ3n) is 6.40. The van der Waals surface area contributed by atoms with Crippen molar-refractivity contribution in [3.8, 4) is 11.8 Å². The number of rotatable bonds is 7. The number of allylic oxidation sites excluding steroid dienone is 3. The van der Waals surface area contributed by atoms with E-state index in [4.69, 9.17) is 10.5 Å². The van der Waals surface area contributed by atoms with Crippen molar-refractivity contribution in [3.05, 3.63) is 81.2 Å². The van der Waals surface area contributed by atoms with Gasteiger partial charge < -0.3 is 15.8 Å². The summed E-state index contributed by atoms with van der Waals surface area (Å²) in [7, 11) is 1.57. The number of carbonyl (C=O) groups excluding carboxylic acids is 2. The average Bonchev–Trinajstić information content (AvgIpc) is 3.40. The van der Waals surface area contributed by atoms with Crippen LogP contribution in [0.1, 0.15) is 30.7 Å². The van der Waals surface area contributed by atoms with Gasteiger partial charge in [0.2, 0.25) is 11.0 Å². The molecule has 5 rings (SSSR count). The Morgan fingerprint density at radius 2 is 2.10 bits per heavy atom. The molecular formula is C27H23BrN6O3S2. The van der Waals surface area contributed by atoms with E-state index in [2.05, 4.69) is 37.5 Å². The highest BCUT2D eigenvalue weighted by atomic mass is 79.9. The molecule has 3 N–H and O–H groups in total. The molecule has 0 saturated carbocycles. The van der Waals surface area contributed by atoms with E-state index in [0.717, 1.165) is 15.7 Å². The first kappa shape index (κ1) is 26.9. The number of aromatic nitrogens is 2. The highest BCUT2D eigenvalue weighted by Crippen LogP contribution is 2.48. The molecule has 0 saturated heterocycles. The van der Waals surface area contributed by atoms with Crippen LogP contribution in [0.25, 0.3) is 0 Å². The first-order valence-electron chi connectivity index (χ1n) is 12.0. The molecule has 1 aromatic heterocycles. The monoisotopic (exact) mass is 622 g/mol. The number of ether oxygens (including phenoxy) is 1. The summed E-state index contributed by atoms with van der Waals surface area (Å²) in [4.78, 5) is 27.5. The van der Waals surface area contributed by atoms with Crippen LogP contribution in [0.2, 0.25) is 0 Å². The molecule has 1 atom stereocenters. The van der Waals surface area contributed by atoms with Crippen molar-refractivity contribution < 1.29 is 14.3 Å². The summed E-state index contributed by atoms with van der Waals surface area (Å²) in [6.45, 7) is 0. The number of anilines is 2. The van der Waals surface area contributed by atoms with E-state index < -0.39 is 5.92 Å². The first-order chi connectivity index (χ1) is 18.9. The Hall–Kier alpha value is -3.66. The lowest BCUT2D eigenvalue weighted by Gasteiger charge is -2.38. The molecule has 1 aliphatic heterocycles. The van der Waals surface area contributed by atoms with Crippen LogP contribution in [-0.2, 0) is 9.59 Å². The molecule has 0 fully saturated rings. The maximum atomic E-state index is 13.3. The first-order valence-corrected chi connectivity index (χ1v) is 14.6. The third-order valence-corrected chi connectivity index (χ3v) is 9.16. The number of carbonyl (C=O) groups is 2. The number of methoxy groups -OCH3 is 1. The van der Waals surface area contributed by atoms with E-state index in [-0.39, 0.29) is 28.8 Å². The molecule has 0 spiro atoms. The number of ketones is 1. The number of hydrogen-bond acceptors (Lipinski definition) is 10. The zero-order valence-corrected chi connectivity index (χ0v) is 24.0. The van der Waals surface area contributed by atoms with Gasteiger partial charge in [-0.2, -0.15) is 5.26 Å². The highest BCUT2D eigenvalue weighted by molar-refractivity contribution is 9.10. The molecule has 0 radical (unpaired) electrons. The summed E-state index contributed by atoms with van der Waals surface area (Å²) in [5.74, 6) is 0.234. The second-order valence-corrected chi connectivity index (χ2v) is 11.8. The number of nitrogens with two attached hydrogens (primary N) is 1. The molecular weight excluding hydrogens is 600 g/mol. The minimum Gasteiger partial charge on any atom is -0.497 e. The lowest BCUT2D eigenvalue weighted by molar-refractivity contribution is -0.116. The Balaban J connectivity index is 1.41. The van der Waals surface area contributed by atoms with Crippen molar-refractivity contribution in [1.82, 2.24) is 10.2 Å². The lowest BCUT2D eigenvalue weighted by Crippen LogP contribution is -2.38. The van der Waals surface area contributed by atoms with Gasteiger partial charge in [-0.3, -0.25) is 14.5 Å². The van der Waals surface area contributed by atoms with Crippen molar-refractivity contribution in [3.63, 3.8) is 0 Å². The molecule has 0 bridgehead atoms. The highest BCUT2D eigenvalue weighted by Gasteiger charge is 2.41. The van der Waals surface area contributed by atoms with Gasteiger partial charge in [-0.15, -0.1) is 10.2 Å². The van der Waals surface area contributed by atoms with E-state index in [0.29, 0.717) is 45.7 Å². The Morgan fingerprint density at radius 1 is 1.28 bits per heavy atom. The third kappa shape index (κ3) is 5.43. The van der Waals surface area contributed by atoms with Crippen LogP contribution in [0, 0.1) is 11.3 Å². The SMILES string of the molecule is COc1cccc(NC(=O)CSc2nnc(N3C(N)=C(C#N)C(c4ccccc4Br)C4=C3CCCC4=O)s2)c1. The van der Waals surface area contributed by atoms with E-state index in [9.17, 15) is 14.9 Å². The van der Waals surface area contributed by atoms with Gasteiger partial charge in [-0.25, -0.2) is 0 Å². The minimum atomic E-state index is -0.563. The fourth-order valence-electron chi connectivity index (χ4n) is 4.70. The molecule has 1 unspecified atom stereocenters. The molecule has 3 aromatic rings. The summed E-state index contributed by atoms with van der Waals surface area (Å²) in [6.07, 6.45) is 1.70. The van der Waals surface area contributed by atoms with Gasteiger partial charge in [0.25, 0.3) is 0 Å². The predicted octanol–water partition coefficient (Wildman–Crippen LogP) is 5.34. The fraction of sp³-hybridized carbons (Fsp3) is 0.222. The zero-order chi connectivity index (χ0) is 27.5. The number of halogens is 1. The van der Waals surface area contributed by atoms with Gasteiger partial charge >= 0.3 is 0 Å². The number of nitrogens with one attached hydrogen (secondary N) is 1. The number of thioether (sulfide) groups is 1. The Morgan fingerprint density at radius 3 is 2.87 bits per heavy atom. The molecule has 2 aliphatic rings. The number of amides is 1. The maximum absolute atomic E-state index is 13.3. The molecule has 9 nitrogen and oxygen atoms in total. The minimum absolute atomic E-state index is 0.00409. The van der Waals surface area contributed by atoms with Crippen LogP contribution >= 0.6 is 39.0 Å². The fourth-order valence-corrected chi connectivity index (χ4v) is 6.90. The summed E-state index contributed by atoms with van der Waals surface area (Å²) in [5.41, 5.74) is 9.67. The van der Waals surface area contributed by atoms with Gasteiger partial charge in [-0.05, 0) is 36.6 Å². The van der Waals surface area contributed by atoms with Crippen LogP contribution in [0.5, 0.6) is 5.75 Å². The smallest absolute Gasteiger partial charge is 0.234 e. The number of Topliss-reactive ketones (excluding diaryl/α,β-unsaturated/α-hetero) is 1.